The predicted octanol–water partition coefficient (Wildman–Crippen LogP) is 1.76. The number of imidazole rings is 1. The summed E-state index contributed by atoms with van der Waals surface area (Å²) in [7, 11) is 0. The molecule has 2 aromatic heterocycles. The van der Waals surface area contributed by atoms with Crippen molar-refractivity contribution in [2.75, 3.05) is 6.54 Å². The molecule has 15 heavy (non-hydrogen) atoms. The lowest BCUT2D eigenvalue weighted by molar-refractivity contribution is 0.529. The number of H-pyrrole nitrogens is 1. The van der Waals surface area contributed by atoms with Crippen LogP contribution in [0.1, 0.15) is 23.7 Å². The molecule has 0 aliphatic rings. The largest absolute Gasteiger partial charge is 0.347 e. The number of thiazole rings is 1. The van der Waals surface area contributed by atoms with Crippen molar-refractivity contribution in [1.29, 1.82) is 0 Å². The van der Waals surface area contributed by atoms with Crippen molar-refractivity contribution in [3.05, 3.63) is 34.8 Å². The second kappa shape index (κ2) is 5.04. The smallest absolute Gasteiger partial charge is 0.123 e. The normalized spacial score (nSPS) is 12.9. The molecule has 1 atom stereocenters. The van der Waals surface area contributed by atoms with Crippen LogP contribution in [-0.2, 0) is 6.42 Å². The highest BCUT2D eigenvalue weighted by molar-refractivity contribution is 7.09. The van der Waals surface area contributed by atoms with Crippen LogP contribution in [0.2, 0.25) is 0 Å². The SMILES string of the molecule is CCNC(Cc1cncs1)c1ncc[nH]1. The highest BCUT2D eigenvalue weighted by Crippen LogP contribution is 2.17. The first kappa shape index (κ1) is 10.3. The van der Waals surface area contributed by atoms with Gasteiger partial charge in [0.05, 0.1) is 11.6 Å². The summed E-state index contributed by atoms with van der Waals surface area (Å²) in [5, 5.41) is 3.41. The summed E-state index contributed by atoms with van der Waals surface area (Å²) in [4.78, 5) is 12.8. The zero-order valence-corrected chi connectivity index (χ0v) is 9.42. The molecule has 1 unspecified atom stereocenters. The number of likely N-dealkylation sites (N-methyl/N-ethyl adjacent to an activating group) is 1. The monoisotopic (exact) mass is 222 g/mol. The number of aromatic amines is 1. The topological polar surface area (TPSA) is 53.6 Å². The van der Waals surface area contributed by atoms with Crippen molar-refractivity contribution in [3.8, 4) is 0 Å². The molecule has 0 saturated carbocycles. The quantitative estimate of drug-likeness (QED) is 0.810. The fourth-order valence-electron chi connectivity index (χ4n) is 1.52. The zero-order chi connectivity index (χ0) is 10.5. The fourth-order valence-corrected chi connectivity index (χ4v) is 2.17. The fraction of sp³-hybridized carbons (Fsp3) is 0.400. The van der Waals surface area contributed by atoms with Crippen molar-refractivity contribution < 1.29 is 0 Å². The first-order chi connectivity index (χ1) is 7.40. The minimum absolute atomic E-state index is 0.255. The minimum atomic E-state index is 0.255. The molecule has 2 rings (SSSR count). The molecule has 0 bridgehead atoms. The number of rotatable bonds is 5. The summed E-state index contributed by atoms with van der Waals surface area (Å²) in [6.45, 7) is 3.03. The van der Waals surface area contributed by atoms with Gasteiger partial charge >= 0.3 is 0 Å². The summed E-state index contributed by atoms with van der Waals surface area (Å²) in [5.41, 5.74) is 1.86. The molecule has 4 nitrogen and oxygen atoms in total. The molecule has 2 N–H and O–H groups in total. The van der Waals surface area contributed by atoms with E-state index in [4.69, 9.17) is 0 Å². The van der Waals surface area contributed by atoms with Crippen molar-refractivity contribution in [3.63, 3.8) is 0 Å². The number of hydrogen-bond donors (Lipinski definition) is 2. The van der Waals surface area contributed by atoms with Gasteiger partial charge in [0.2, 0.25) is 0 Å². The van der Waals surface area contributed by atoms with Gasteiger partial charge in [-0.2, -0.15) is 0 Å². The Morgan fingerprint density at radius 3 is 3.13 bits per heavy atom. The maximum atomic E-state index is 4.28. The maximum absolute atomic E-state index is 4.28. The van der Waals surface area contributed by atoms with Gasteiger partial charge in [-0.25, -0.2) is 4.98 Å². The van der Waals surface area contributed by atoms with Crippen LogP contribution in [0.3, 0.4) is 0 Å². The molecule has 0 aromatic carbocycles. The van der Waals surface area contributed by atoms with Gasteiger partial charge in [-0.05, 0) is 6.54 Å². The van der Waals surface area contributed by atoms with E-state index in [1.165, 1.54) is 4.88 Å². The number of aromatic nitrogens is 3. The van der Waals surface area contributed by atoms with Gasteiger partial charge in [0.25, 0.3) is 0 Å². The van der Waals surface area contributed by atoms with E-state index in [1.807, 2.05) is 17.9 Å². The standard InChI is InChI=1S/C10H14N4S/c1-2-12-9(10-13-3-4-14-10)5-8-6-11-7-15-8/h3-4,6-7,9,12H,2,5H2,1H3,(H,13,14). The third-order valence-corrected chi connectivity index (χ3v) is 2.99. The van der Waals surface area contributed by atoms with Crippen LogP contribution < -0.4 is 5.32 Å². The third-order valence-electron chi connectivity index (χ3n) is 2.19. The summed E-state index contributed by atoms with van der Waals surface area (Å²) in [5.74, 6) is 0.991. The molecule has 0 amide bonds. The lowest BCUT2D eigenvalue weighted by Gasteiger charge is -2.13. The predicted molar refractivity (Wildman–Crippen MR) is 60.8 cm³/mol. The summed E-state index contributed by atoms with van der Waals surface area (Å²) < 4.78 is 0. The average Bonchev–Trinajstić information content (AvgIpc) is 2.89. The van der Waals surface area contributed by atoms with Gasteiger partial charge < -0.3 is 10.3 Å². The van der Waals surface area contributed by atoms with Gasteiger partial charge in [-0.1, -0.05) is 6.92 Å². The van der Waals surface area contributed by atoms with Gasteiger partial charge in [0.15, 0.2) is 0 Å². The summed E-state index contributed by atoms with van der Waals surface area (Å²) in [6.07, 6.45) is 6.49. The van der Waals surface area contributed by atoms with Crippen LogP contribution in [0.15, 0.2) is 24.1 Å². The van der Waals surface area contributed by atoms with Gasteiger partial charge in [0, 0.05) is 29.9 Å². The third kappa shape index (κ3) is 2.64. The molecule has 0 radical (unpaired) electrons. The van der Waals surface area contributed by atoms with E-state index in [2.05, 4.69) is 27.2 Å². The Bertz CT molecular complexity index is 368. The van der Waals surface area contributed by atoms with Crippen molar-refractivity contribution in [2.24, 2.45) is 0 Å². The first-order valence-electron chi connectivity index (χ1n) is 5.00. The Balaban J connectivity index is 2.07. The number of nitrogens with zero attached hydrogens (tertiary/aromatic N) is 2. The Kier molecular flexibility index (Phi) is 3.47. The molecule has 0 saturated heterocycles. The van der Waals surface area contributed by atoms with Crippen LogP contribution in [0, 0.1) is 0 Å². The van der Waals surface area contributed by atoms with E-state index in [0.29, 0.717) is 0 Å². The maximum Gasteiger partial charge on any atom is 0.123 e. The molecule has 2 heterocycles. The molecule has 0 fully saturated rings. The Labute approximate surface area is 92.8 Å². The van der Waals surface area contributed by atoms with Crippen molar-refractivity contribution >= 4 is 11.3 Å². The van der Waals surface area contributed by atoms with Crippen molar-refractivity contribution in [2.45, 2.75) is 19.4 Å². The van der Waals surface area contributed by atoms with E-state index >= 15 is 0 Å². The Hall–Kier alpha value is -1.20. The van der Waals surface area contributed by atoms with Crippen LogP contribution in [0.25, 0.3) is 0 Å². The van der Waals surface area contributed by atoms with Gasteiger partial charge in [0.1, 0.15) is 5.82 Å². The zero-order valence-electron chi connectivity index (χ0n) is 8.60. The van der Waals surface area contributed by atoms with Crippen molar-refractivity contribution in [1.82, 2.24) is 20.3 Å². The summed E-state index contributed by atoms with van der Waals surface area (Å²) in [6, 6.07) is 0.255. The molecule has 0 aliphatic carbocycles. The van der Waals surface area contributed by atoms with Crippen LogP contribution in [-0.4, -0.2) is 21.5 Å². The summed E-state index contributed by atoms with van der Waals surface area (Å²) >= 11 is 1.68. The molecule has 0 aliphatic heterocycles. The molecule has 5 heteroatoms. The lowest BCUT2D eigenvalue weighted by Crippen LogP contribution is -2.23. The number of nitrogens with one attached hydrogen (secondary N) is 2. The minimum Gasteiger partial charge on any atom is -0.347 e. The Morgan fingerprint density at radius 1 is 1.60 bits per heavy atom. The lowest BCUT2D eigenvalue weighted by atomic mass is 10.2. The second-order valence-corrected chi connectivity index (χ2v) is 4.23. The molecule has 0 spiro atoms. The van der Waals surface area contributed by atoms with E-state index in [1.54, 1.807) is 17.5 Å². The van der Waals surface area contributed by atoms with Gasteiger partial charge in [-0.15, -0.1) is 11.3 Å². The van der Waals surface area contributed by atoms with Crippen LogP contribution >= 0.6 is 11.3 Å². The molecular formula is C10H14N4S. The molecule has 2 aromatic rings. The average molecular weight is 222 g/mol. The first-order valence-corrected chi connectivity index (χ1v) is 5.88. The highest BCUT2D eigenvalue weighted by atomic mass is 32.1. The second-order valence-electron chi connectivity index (χ2n) is 3.26. The number of hydrogen-bond acceptors (Lipinski definition) is 4. The Morgan fingerprint density at radius 2 is 2.53 bits per heavy atom. The van der Waals surface area contributed by atoms with E-state index < -0.39 is 0 Å². The van der Waals surface area contributed by atoms with E-state index in [9.17, 15) is 0 Å². The highest BCUT2D eigenvalue weighted by Gasteiger charge is 2.13. The van der Waals surface area contributed by atoms with E-state index in [-0.39, 0.29) is 6.04 Å². The van der Waals surface area contributed by atoms with E-state index in [0.717, 1.165) is 18.8 Å². The van der Waals surface area contributed by atoms with Crippen LogP contribution in [0.4, 0.5) is 0 Å². The van der Waals surface area contributed by atoms with Crippen LogP contribution in [0.5, 0.6) is 0 Å². The molecule has 80 valence electrons. The van der Waals surface area contributed by atoms with Gasteiger partial charge in [-0.3, -0.25) is 4.98 Å². The molecular weight excluding hydrogens is 208 g/mol.